The van der Waals surface area contributed by atoms with Gasteiger partial charge in [-0.25, -0.2) is 0 Å². The van der Waals surface area contributed by atoms with E-state index in [0.29, 0.717) is 32.7 Å². The normalized spacial score (nSPS) is 17.4. The van der Waals surface area contributed by atoms with Gasteiger partial charge in [0, 0.05) is 10.8 Å². The third kappa shape index (κ3) is 3.30. The number of hydrogen-bond donors (Lipinski definition) is 0. The van der Waals surface area contributed by atoms with Crippen molar-refractivity contribution in [2.45, 2.75) is 0 Å². The van der Waals surface area contributed by atoms with Crippen molar-refractivity contribution in [3.05, 3.63) is 145 Å². The SMILES string of the molecule is [2H]c1c([2H])c([2H])c2c(-c3c4ccccc4c(-c4c([2H])c([2H])c5c(oc6c([2H])c7c([2H])c([2H])c([2H])c([2H])c7c([2H])c65)c4[2H])c4ccccc34)c([2H])c([2H])c([2H])c2c1[2H]. The summed E-state index contributed by atoms with van der Waals surface area (Å²) in [6, 6.07) is 5.48. The van der Waals surface area contributed by atoms with Crippen molar-refractivity contribution in [1.82, 2.24) is 0 Å². The average Bonchev–Trinajstić information content (AvgIpc) is 3.62. The van der Waals surface area contributed by atoms with E-state index >= 15 is 0 Å². The summed E-state index contributed by atoms with van der Waals surface area (Å²) in [5.74, 6) is 0. The molecule has 9 aromatic rings. The average molecular weight is 537 g/mol. The highest BCUT2D eigenvalue weighted by Crippen LogP contribution is 2.46. The summed E-state index contributed by atoms with van der Waals surface area (Å²) >= 11 is 0. The van der Waals surface area contributed by atoms with Crippen molar-refractivity contribution in [1.29, 1.82) is 0 Å². The van der Waals surface area contributed by atoms with Crippen LogP contribution in [0.3, 0.4) is 0 Å². The molecule has 0 spiro atoms. The molecule has 1 nitrogen and oxygen atoms in total. The first kappa shape index (κ1) is 12.0. The van der Waals surface area contributed by atoms with Crippen LogP contribution in [0.15, 0.2) is 150 Å². The first-order valence-corrected chi connectivity index (χ1v) is 12.8. The van der Waals surface area contributed by atoms with Gasteiger partial charge in [0.25, 0.3) is 0 Å². The van der Waals surface area contributed by atoms with Crippen molar-refractivity contribution in [2.75, 3.05) is 0 Å². The standard InChI is InChI=1S/C40H24O/c1-2-12-27-23-38-36(22-26(27)11-1)30-21-20-28(24-37(30)41-38)39-32-15-5-7-17-34(32)40(35-18-8-6-16-33(35)39)31-19-9-13-25-10-3-4-14-29(25)31/h1-24H/i1D,2D,3D,4D,9D,10D,11D,12D,13D,14D,19D,20D,21D,22D,23D,24D. The van der Waals surface area contributed by atoms with E-state index in [1.165, 1.54) is 0 Å². The molecule has 1 heterocycles. The van der Waals surface area contributed by atoms with E-state index in [0.717, 1.165) is 0 Å². The lowest BCUT2D eigenvalue weighted by atomic mass is 9.84. The Hall–Kier alpha value is -5.40. The van der Waals surface area contributed by atoms with E-state index in [-0.39, 0.29) is 60.7 Å². The van der Waals surface area contributed by atoms with Crippen LogP contribution in [-0.2, 0) is 0 Å². The quantitative estimate of drug-likeness (QED) is 0.200. The van der Waals surface area contributed by atoms with Gasteiger partial charge < -0.3 is 4.42 Å². The molecule has 0 N–H and O–H groups in total. The van der Waals surface area contributed by atoms with Gasteiger partial charge in [-0.2, -0.15) is 0 Å². The zero-order valence-electron chi connectivity index (χ0n) is 37.0. The van der Waals surface area contributed by atoms with Crippen LogP contribution >= 0.6 is 0 Å². The molecule has 8 aromatic carbocycles. The minimum Gasteiger partial charge on any atom is -0.456 e. The Kier molecular flexibility index (Phi) is 2.50. The fourth-order valence-electron chi connectivity index (χ4n) is 5.65. The van der Waals surface area contributed by atoms with Gasteiger partial charge in [0.2, 0.25) is 0 Å². The van der Waals surface area contributed by atoms with Crippen molar-refractivity contribution in [2.24, 2.45) is 0 Å². The first-order chi connectivity index (χ1) is 27.0. The third-order valence-electron chi connectivity index (χ3n) is 7.38. The highest BCUT2D eigenvalue weighted by Gasteiger charge is 2.19. The molecule has 0 aliphatic heterocycles. The summed E-state index contributed by atoms with van der Waals surface area (Å²) < 4.78 is 147. The molecule has 0 atom stereocenters. The van der Waals surface area contributed by atoms with Gasteiger partial charge in [-0.05, 0) is 89.5 Å². The van der Waals surface area contributed by atoms with E-state index in [1.54, 1.807) is 48.5 Å². The maximum atomic E-state index is 9.57. The van der Waals surface area contributed by atoms with Gasteiger partial charge >= 0.3 is 0 Å². The molecule has 0 unspecified atom stereocenters. The second kappa shape index (κ2) is 8.55. The molecule has 41 heavy (non-hydrogen) atoms. The fraction of sp³-hybridized carbons (Fsp3) is 0. The smallest absolute Gasteiger partial charge is 0.136 e. The Labute approximate surface area is 259 Å². The third-order valence-corrected chi connectivity index (χ3v) is 7.38. The lowest BCUT2D eigenvalue weighted by Crippen LogP contribution is -1.91. The highest BCUT2D eigenvalue weighted by molar-refractivity contribution is 6.24. The van der Waals surface area contributed by atoms with Gasteiger partial charge in [-0.1, -0.05) is 121 Å². The van der Waals surface area contributed by atoms with Crippen molar-refractivity contribution < 1.29 is 26.3 Å². The minimum atomic E-state index is -0.606. The first-order valence-electron chi connectivity index (χ1n) is 20.8. The Morgan fingerprint density at radius 3 is 1.73 bits per heavy atom. The van der Waals surface area contributed by atoms with E-state index in [1.807, 2.05) is 0 Å². The number of rotatable bonds is 2. The summed E-state index contributed by atoms with van der Waals surface area (Å²) in [6.45, 7) is 0. The maximum absolute atomic E-state index is 9.57. The van der Waals surface area contributed by atoms with Crippen LogP contribution in [0.5, 0.6) is 0 Å². The van der Waals surface area contributed by atoms with Gasteiger partial charge in [0.1, 0.15) is 11.2 Å². The summed E-state index contributed by atoms with van der Waals surface area (Å²) in [4.78, 5) is 0. The molecule has 0 aliphatic rings. The molecule has 0 fully saturated rings. The summed E-state index contributed by atoms with van der Waals surface area (Å²) in [6.07, 6.45) is 0. The largest absolute Gasteiger partial charge is 0.456 e. The zero-order chi connectivity index (χ0) is 40.8. The topological polar surface area (TPSA) is 13.1 Å². The van der Waals surface area contributed by atoms with Crippen molar-refractivity contribution in [3.63, 3.8) is 0 Å². The molecule has 1 aromatic heterocycles. The Bertz CT molecular complexity index is 3300. The zero-order valence-corrected chi connectivity index (χ0v) is 21.0. The second-order valence-corrected chi connectivity index (χ2v) is 9.60. The lowest BCUT2D eigenvalue weighted by molar-refractivity contribution is 0.669. The number of hydrogen-bond acceptors (Lipinski definition) is 1. The molecule has 190 valence electrons. The van der Waals surface area contributed by atoms with E-state index in [9.17, 15) is 4.11 Å². The van der Waals surface area contributed by atoms with Crippen LogP contribution in [0.4, 0.5) is 0 Å². The summed E-state index contributed by atoms with van der Waals surface area (Å²) in [5, 5.41) is 0.540. The molecule has 0 bridgehead atoms. The number of furan rings is 1. The molecule has 0 saturated heterocycles. The molecular weight excluding hydrogens is 496 g/mol. The van der Waals surface area contributed by atoms with Crippen molar-refractivity contribution in [3.8, 4) is 22.3 Å². The Balaban J connectivity index is 1.47. The van der Waals surface area contributed by atoms with Gasteiger partial charge in [-0.15, -0.1) is 0 Å². The predicted molar refractivity (Wildman–Crippen MR) is 175 cm³/mol. The molecule has 0 saturated carbocycles. The molecule has 0 amide bonds. The molecule has 1 heteroatoms. The van der Waals surface area contributed by atoms with Crippen LogP contribution in [-0.4, -0.2) is 0 Å². The van der Waals surface area contributed by atoms with E-state index < -0.39 is 90.6 Å². The van der Waals surface area contributed by atoms with Gasteiger partial charge in [0.05, 0.1) is 21.9 Å². The van der Waals surface area contributed by atoms with Crippen LogP contribution < -0.4 is 0 Å². The van der Waals surface area contributed by atoms with E-state index in [4.69, 9.17) is 22.2 Å². The van der Waals surface area contributed by atoms with Gasteiger partial charge in [-0.3, -0.25) is 0 Å². The molecule has 9 rings (SSSR count). The molecular formula is C40H24O. The van der Waals surface area contributed by atoms with Crippen molar-refractivity contribution >= 4 is 65.0 Å². The van der Waals surface area contributed by atoms with Crippen LogP contribution in [0.25, 0.3) is 87.3 Å². The number of benzene rings is 8. The van der Waals surface area contributed by atoms with Crippen LogP contribution in [0, 0.1) is 0 Å². The molecule has 0 radical (unpaired) electrons. The monoisotopic (exact) mass is 536 g/mol. The minimum absolute atomic E-state index is 0.00437. The Morgan fingerprint density at radius 1 is 0.415 bits per heavy atom. The highest BCUT2D eigenvalue weighted by atomic mass is 16.3. The Morgan fingerprint density at radius 2 is 1.00 bits per heavy atom. The van der Waals surface area contributed by atoms with E-state index in [2.05, 4.69) is 0 Å². The van der Waals surface area contributed by atoms with Crippen LogP contribution in [0.1, 0.15) is 21.9 Å². The second-order valence-electron chi connectivity index (χ2n) is 9.60. The lowest BCUT2D eigenvalue weighted by Gasteiger charge is -2.18. The van der Waals surface area contributed by atoms with Crippen LogP contribution in [0.2, 0.25) is 0 Å². The van der Waals surface area contributed by atoms with Gasteiger partial charge in [0.15, 0.2) is 0 Å². The summed E-state index contributed by atoms with van der Waals surface area (Å²) in [7, 11) is 0. The fourth-order valence-corrected chi connectivity index (χ4v) is 5.65. The maximum Gasteiger partial charge on any atom is 0.136 e. The molecule has 0 aliphatic carbocycles. The summed E-state index contributed by atoms with van der Waals surface area (Å²) in [5.41, 5.74) is 0.0365. The number of fused-ring (bicyclic) bond motifs is 7. The predicted octanol–water partition coefficient (Wildman–Crippen LogP) is 11.5.